The van der Waals surface area contributed by atoms with E-state index in [4.69, 9.17) is 15.5 Å². The van der Waals surface area contributed by atoms with Gasteiger partial charge in [0.2, 0.25) is 0 Å². The van der Waals surface area contributed by atoms with E-state index in [1.54, 1.807) is 12.1 Å². The summed E-state index contributed by atoms with van der Waals surface area (Å²) in [5, 5.41) is 18.0. The third-order valence-electron chi connectivity index (χ3n) is 4.35. The molecule has 4 aromatic rings. The van der Waals surface area contributed by atoms with Gasteiger partial charge in [-0.15, -0.1) is 0 Å². The summed E-state index contributed by atoms with van der Waals surface area (Å²) in [7, 11) is 0. The molecule has 0 amide bonds. The number of para-hydroxylation sites is 2. The molecule has 4 heteroatoms. The van der Waals surface area contributed by atoms with Gasteiger partial charge in [0, 0.05) is 12.1 Å². The van der Waals surface area contributed by atoms with Crippen LogP contribution in [-0.2, 0) is 6.54 Å². The average molecular weight is 334 g/mol. The first kappa shape index (κ1) is 15.6. The van der Waals surface area contributed by atoms with E-state index in [1.807, 2.05) is 54.6 Å². The van der Waals surface area contributed by atoms with Crippen LogP contribution in [0.4, 0.5) is 0 Å². The van der Waals surface area contributed by atoms with E-state index in [0.717, 1.165) is 28.0 Å². The Kier molecular flexibility index (Phi) is 3.94. The van der Waals surface area contributed by atoms with Crippen molar-refractivity contribution in [2.24, 2.45) is 0 Å². The number of rotatable bonds is 3. The van der Waals surface area contributed by atoms with Gasteiger partial charge in [0.15, 0.2) is 0 Å². The molecule has 122 valence electrons. The summed E-state index contributed by atoms with van der Waals surface area (Å²) in [5.74, 6) is 0.861. The van der Waals surface area contributed by atoms with Gasteiger partial charge in [0.25, 0.3) is 0 Å². The van der Waals surface area contributed by atoms with Crippen molar-refractivity contribution >= 4 is 11.0 Å². The lowest BCUT2D eigenvalue weighted by molar-refractivity contribution is 0.834. The van der Waals surface area contributed by atoms with Crippen molar-refractivity contribution < 1.29 is 0 Å². The number of hydrogen-bond donors (Lipinski definition) is 0. The maximum atomic E-state index is 9.01. The Bertz CT molecular complexity index is 1150. The van der Waals surface area contributed by atoms with Gasteiger partial charge in [0.05, 0.1) is 34.3 Å². The van der Waals surface area contributed by atoms with Crippen LogP contribution in [-0.4, -0.2) is 9.55 Å². The number of imidazole rings is 1. The maximum Gasteiger partial charge on any atom is 0.141 e. The topological polar surface area (TPSA) is 65.4 Å². The minimum atomic E-state index is 0.628. The van der Waals surface area contributed by atoms with E-state index < -0.39 is 0 Å². The molecule has 4 rings (SSSR count). The summed E-state index contributed by atoms with van der Waals surface area (Å²) < 4.78 is 2.16. The summed E-state index contributed by atoms with van der Waals surface area (Å²) in [4.78, 5) is 4.80. The van der Waals surface area contributed by atoms with Crippen molar-refractivity contribution in [2.45, 2.75) is 6.54 Å². The number of benzene rings is 3. The molecular formula is C22H14N4. The molecule has 0 saturated carbocycles. The van der Waals surface area contributed by atoms with Crippen molar-refractivity contribution in [3.05, 3.63) is 89.5 Å². The largest absolute Gasteiger partial charge is 0.319 e. The Balaban J connectivity index is 1.83. The molecule has 3 aromatic carbocycles. The molecule has 1 aromatic heterocycles. The fourth-order valence-electron chi connectivity index (χ4n) is 3.02. The van der Waals surface area contributed by atoms with E-state index in [9.17, 15) is 0 Å². The Morgan fingerprint density at radius 1 is 0.769 bits per heavy atom. The fraction of sp³-hybridized carbons (Fsp3) is 0.0455. The van der Waals surface area contributed by atoms with Crippen LogP contribution >= 0.6 is 0 Å². The second-order valence-corrected chi connectivity index (χ2v) is 6.01. The monoisotopic (exact) mass is 334 g/mol. The van der Waals surface area contributed by atoms with Gasteiger partial charge < -0.3 is 4.57 Å². The zero-order valence-corrected chi connectivity index (χ0v) is 13.9. The summed E-state index contributed by atoms with van der Waals surface area (Å²) >= 11 is 0. The number of fused-ring (bicyclic) bond motifs is 1. The number of nitrogens with zero attached hydrogens (tertiary/aromatic N) is 4. The van der Waals surface area contributed by atoms with Gasteiger partial charge in [-0.3, -0.25) is 0 Å². The van der Waals surface area contributed by atoms with E-state index in [1.165, 1.54) is 0 Å². The molecule has 0 unspecified atom stereocenters. The smallest absolute Gasteiger partial charge is 0.141 e. The van der Waals surface area contributed by atoms with Crippen LogP contribution in [0.5, 0.6) is 0 Å². The third kappa shape index (κ3) is 2.81. The highest BCUT2D eigenvalue weighted by molar-refractivity contribution is 5.80. The number of nitriles is 2. The summed E-state index contributed by atoms with van der Waals surface area (Å²) in [6, 6.07) is 27.4. The summed E-state index contributed by atoms with van der Waals surface area (Å²) in [5.41, 5.74) is 5.33. The Morgan fingerprint density at radius 2 is 1.38 bits per heavy atom. The zero-order valence-electron chi connectivity index (χ0n) is 13.9. The van der Waals surface area contributed by atoms with Crippen LogP contribution < -0.4 is 0 Å². The third-order valence-corrected chi connectivity index (χ3v) is 4.35. The standard InChI is InChI=1S/C22H14N4/c23-13-16-5-7-18(8-6-16)15-26-21-4-2-1-3-20(21)25-22(26)19-11-9-17(14-24)10-12-19/h1-12H,15H2. The molecule has 0 aliphatic rings. The van der Waals surface area contributed by atoms with E-state index in [2.05, 4.69) is 22.8 Å². The lowest BCUT2D eigenvalue weighted by Crippen LogP contribution is -2.02. The summed E-state index contributed by atoms with van der Waals surface area (Å²) in [6.45, 7) is 0.654. The minimum Gasteiger partial charge on any atom is -0.319 e. The normalized spacial score (nSPS) is 10.4. The molecule has 0 spiro atoms. The zero-order chi connectivity index (χ0) is 17.9. The first-order valence-electron chi connectivity index (χ1n) is 8.23. The van der Waals surface area contributed by atoms with Crippen molar-refractivity contribution in [3.63, 3.8) is 0 Å². The molecule has 0 fully saturated rings. The lowest BCUT2D eigenvalue weighted by Gasteiger charge is -2.10. The molecule has 0 bridgehead atoms. The highest BCUT2D eigenvalue weighted by Crippen LogP contribution is 2.26. The van der Waals surface area contributed by atoms with Gasteiger partial charge in [0.1, 0.15) is 5.82 Å². The predicted molar refractivity (Wildman–Crippen MR) is 100 cm³/mol. The first-order valence-corrected chi connectivity index (χ1v) is 8.23. The van der Waals surface area contributed by atoms with Crippen molar-refractivity contribution in [1.29, 1.82) is 10.5 Å². The van der Waals surface area contributed by atoms with Crippen molar-refractivity contribution in [2.75, 3.05) is 0 Å². The van der Waals surface area contributed by atoms with Crippen molar-refractivity contribution in [1.82, 2.24) is 9.55 Å². The Morgan fingerprint density at radius 3 is 2.04 bits per heavy atom. The van der Waals surface area contributed by atoms with Crippen LogP contribution in [0.2, 0.25) is 0 Å². The molecule has 1 heterocycles. The van der Waals surface area contributed by atoms with E-state index in [0.29, 0.717) is 17.7 Å². The van der Waals surface area contributed by atoms with Crippen LogP contribution in [0.25, 0.3) is 22.4 Å². The molecule has 4 nitrogen and oxygen atoms in total. The molecule has 0 saturated heterocycles. The maximum absolute atomic E-state index is 9.01. The van der Waals surface area contributed by atoms with Gasteiger partial charge in [-0.25, -0.2) is 4.98 Å². The highest BCUT2D eigenvalue weighted by atomic mass is 15.1. The van der Waals surface area contributed by atoms with Crippen LogP contribution in [0, 0.1) is 22.7 Å². The second-order valence-electron chi connectivity index (χ2n) is 6.01. The quantitative estimate of drug-likeness (QED) is 0.554. The summed E-state index contributed by atoms with van der Waals surface area (Å²) in [6.07, 6.45) is 0. The lowest BCUT2D eigenvalue weighted by atomic mass is 10.1. The van der Waals surface area contributed by atoms with Gasteiger partial charge in [-0.05, 0) is 54.1 Å². The molecule has 0 aliphatic heterocycles. The minimum absolute atomic E-state index is 0.628. The van der Waals surface area contributed by atoms with Gasteiger partial charge >= 0.3 is 0 Å². The molecule has 0 aliphatic carbocycles. The highest BCUT2D eigenvalue weighted by Gasteiger charge is 2.13. The van der Waals surface area contributed by atoms with E-state index >= 15 is 0 Å². The molecular weight excluding hydrogens is 320 g/mol. The number of hydrogen-bond acceptors (Lipinski definition) is 3. The SMILES string of the molecule is N#Cc1ccc(Cn2c(-c3ccc(C#N)cc3)nc3ccccc32)cc1. The van der Waals surface area contributed by atoms with Gasteiger partial charge in [-0.1, -0.05) is 24.3 Å². The van der Waals surface area contributed by atoms with E-state index in [-0.39, 0.29) is 0 Å². The predicted octanol–water partition coefficient (Wildman–Crippen LogP) is 4.49. The number of aromatic nitrogens is 2. The van der Waals surface area contributed by atoms with Crippen LogP contribution in [0.15, 0.2) is 72.8 Å². The molecule has 0 radical (unpaired) electrons. The molecule has 0 atom stereocenters. The van der Waals surface area contributed by atoms with Crippen LogP contribution in [0.3, 0.4) is 0 Å². The molecule has 0 N–H and O–H groups in total. The first-order chi connectivity index (χ1) is 12.8. The molecule has 26 heavy (non-hydrogen) atoms. The van der Waals surface area contributed by atoms with Crippen molar-refractivity contribution in [3.8, 4) is 23.5 Å². The average Bonchev–Trinajstić information content (AvgIpc) is 3.07. The fourth-order valence-corrected chi connectivity index (χ4v) is 3.02. The van der Waals surface area contributed by atoms with Gasteiger partial charge in [-0.2, -0.15) is 10.5 Å². The van der Waals surface area contributed by atoms with Crippen LogP contribution in [0.1, 0.15) is 16.7 Å². The Labute approximate surface area is 151 Å². The second kappa shape index (κ2) is 6.55. The Hall–Kier alpha value is -3.89.